The van der Waals surface area contributed by atoms with Gasteiger partial charge in [-0.15, -0.1) is 0 Å². The number of ether oxygens (including phenoxy) is 2. The van der Waals surface area contributed by atoms with Gasteiger partial charge in [0.05, 0.1) is 25.0 Å². The minimum atomic E-state index is -0.290. The van der Waals surface area contributed by atoms with Crippen molar-refractivity contribution in [3.8, 4) is 0 Å². The zero-order chi connectivity index (χ0) is 21.1. The van der Waals surface area contributed by atoms with Crippen molar-refractivity contribution in [2.45, 2.75) is 38.2 Å². The van der Waals surface area contributed by atoms with Gasteiger partial charge in [-0.25, -0.2) is 9.50 Å². The average Bonchev–Trinajstić information content (AvgIpc) is 3.12. The largest absolute Gasteiger partial charge is 0.382 e. The molecule has 7 heteroatoms. The Morgan fingerprint density at radius 3 is 2.80 bits per heavy atom. The van der Waals surface area contributed by atoms with E-state index in [1.165, 1.54) is 11.3 Å². The van der Waals surface area contributed by atoms with Crippen LogP contribution in [0.25, 0.3) is 5.65 Å². The fraction of sp³-hybridized carbons (Fsp3) is 0.478. The Hall–Kier alpha value is -2.15. The number of rotatable bonds is 7. The highest BCUT2D eigenvalue weighted by Gasteiger charge is 2.34. The van der Waals surface area contributed by atoms with Gasteiger partial charge in [-0.3, -0.25) is 0 Å². The summed E-state index contributed by atoms with van der Waals surface area (Å²) in [7, 11) is 1.71. The summed E-state index contributed by atoms with van der Waals surface area (Å²) in [4.78, 5) is 6.76. The van der Waals surface area contributed by atoms with Gasteiger partial charge in [0.15, 0.2) is 5.65 Å². The highest BCUT2D eigenvalue weighted by Crippen LogP contribution is 2.40. The van der Waals surface area contributed by atoms with E-state index in [2.05, 4.69) is 48.0 Å². The Balaban J connectivity index is 1.65. The number of hydrogen-bond donors (Lipinski definition) is 0. The number of hydrogen-bond acceptors (Lipinski definition) is 5. The van der Waals surface area contributed by atoms with Crippen LogP contribution in [0.4, 0.5) is 5.69 Å². The fourth-order valence-corrected chi connectivity index (χ4v) is 4.77. The Bertz CT molecular complexity index is 989. The normalized spacial score (nSPS) is 19.2. The van der Waals surface area contributed by atoms with E-state index in [0.29, 0.717) is 23.9 Å². The fourth-order valence-electron chi connectivity index (χ4n) is 4.39. The number of benzene rings is 1. The van der Waals surface area contributed by atoms with Crippen molar-refractivity contribution in [2.24, 2.45) is 0 Å². The minimum Gasteiger partial charge on any atom is -0.382 e. The summed E-state index contributed by atoms with van der Waals surface area (Å²) >= 11 is 6.75. The molecule has 0 bridgehead atoms. The molecule has 0 amide bonds. The van der Waals surface area contributed by atoms with Crippen molar-refractivity contribution < 1.29 is 9.47 Å². The van der Waals surface area contributed by atoms with E-state index in [1.54, 1.807) is 17.8 Å². The lowest BCUT2D eigenvalue weighted by Gasteiger charge is -2.35. The van der Waals surface area contributed by atoms with Gasteiger partial charge in [0.2, 0.25) is 0 Å². The quantitative estimate of drug-likeness (QED) is 0.560. The molecular weight excluding hydrogens is 400 g/mol. The predicted molar refractivity (Wildman–Crippen MR) is 120 cm³/mol. The van der Waals surface area contributed by atoms with Crippen LogP contribution in [0.1, 0.15) is 37.9 Å². The number of halogens is 1. The summed E-state index contributed by atoms with van der Waals surface area (Å²) in [6.45, 7) is 7.47. The molecule has 0 saturated carbocycles. The van der Waals surface area contributed by atoms with Crippen molar-refractivity contribution in [1.29, 1.82) is 0 Å². The average molecular weight is 429 g/mol. The van der Waals surface area contributed by atoms with E-state index in [1.807, 2.05) is 12.3 Å². The maximum Gasteiger partial charge on any atom is 0.174 e. The standard InChI is InChI=1S/C23H29ClN4O2/c1-4-10-23(2,21-20(24)22-25-11-5-12-28(22)26-21)17-6-8-18(9-7-17)27-13-14-30-19(15-27)16-29-3/h5-9,11-12,19H,4,10,13-16H2,1-3H3. The summed E-state index contributed by atoms with van der Waals surface area (Å²) in [6, 6.07) is 10.7. The first-order valence-corrected chi connectivity index (χ1v) is 10.9. The molecule has 3 heterocycles. The maximum absolute atomic E-state index is 6.75. The van der Waals surface area contributed by atoms with Crippen molar-refractivity contribution >= 4 is 22.9 Å². The highest BCUT2D eigenvalue weighted by molar-refractivity contribution is 6.34. The number of anilines is 1. The van der Waals surface area contributed by atoms with Crippen molar-refractivity contribution in [3.63, 3.8) is 0 Å². The first-order chi connectivity index (χ1) is 14.6. The second-order valence-electron chi connectivity index (χ2n) is 8.07. The molecule has 1 aromatic carbocycles. The number of fused-ring (bicyclic) bond motifs is 1. The number of morpholine rings is 1. The van der Waals surface area contributed by atoms with E-state index >= 15 is 0 Å². The summed E-state index contributed by atoms with van der Waals surface area (Å²) in [5.74, 6) is 0. The topological polar surface area (TPSA) is 51.9 Å². The van der Waals surface area contributed by atoms with Crippen LogP contribution in [0.3, 0.4) is 0 Å². The van der Waals surface area contributed by atoms with Crippen LogP contribution in [0.2, 0.25) is 5.02 Å². The van der Waals surface area contributed by atoms with Crippen molar-refractivity contribution in [1.82, 2.24) is 14.6 Å². The summed E-state index contributed by atoms with van der Waals surface area (Å²) in [5, 5.41) is 5.43. The smallest absolute Gasteiger partial charge is 0.174 e. The molecule has 30 heavy (non-hydrogen) atoms. The molecule has 1 aliphatic heterocycles. The molecule has 0 aliphatic carbocycles. The molecule has 6 nitrogen and oxygen atoms in total. The third-order valence-electron chi connectivity index (χ3n) is 5.97. The molecule has 2 atom stereocenters. The Labute approximate surface area is 182 Å². The van der Waals surface area contributed by atoms with Crippen LogP contribution in [0, 0.1) is 0 Å². The van der Waals surface area contributed by atoms with E-state index in [0.717, 1.165) is 31.6 Å². The summed E-state index contributed by atoms with van der Waals surface area (Å²) < 4.78 is 12.8. The van der Waals surface area contributed by atoms with Crippen LogP contribution in [0.5, 0.6) is 0 Å². The summed E-state index contributed by atoms with van der Waals surface area (Å²) in [5.41, 5.74) is 3.70. The molecule has 1 saturated heterocycles. The van der Waals surface area contributed by atoms with Gasteiger partial charge in [0.1, 0.15) is 5.02 Å². The molecule has 2 unspecified atom stereocenters. The Morgan fingerprint density at radius 2 is 2.10 bits per heavy atom. The molecule has 0 N–H and O–H groups in total. The molecule has 0 spiro atoms. The van der Waals surface area contributed by atoms with E-state index in [-0.39, 0.29) is 11.5 Å². The predicted octanol–water partition coefficient (Wildman–Crippen LogP) is 4.34. The lowest BCUT2D eigenvalue weighted by molar-refractivity contribution is -0.0100. The zero-order valence-corrected chi connectivity index (χ0v) is 18.6. The van der Waals surface area contributed by atoms with E-state index in [4.69, 9.17) is 26.2 Å². The summed E-state index contributed by atoms with van der Waals surface area (Å²) in [6.07, 6.45) is 5.72. The van der Waals surface area contributed by atoms with Gasteiger partial charge in [-0.1, -0.05) is 37.1 Å². The van der Waals surface area contributed by atoms with Gasteiger partial charge < -0.3 is 14.4 Å². The van der Waals surface area contributed by atoms with Crippen LogP contribution < -0.4 is 4.90 Å². The first-order valence-electron chi connectivity index (χ1n) is 10.5. The third kappa shape index (κ3) is 3.92. The third-order valence-corrected chi connectivity index (χ3v) is 6.32. The molecule has 1 fully saturated rings. The number of nitrogens with zero attached hydrogens (tertiary/aromatic N) is 4. The van der Waals surface area contributed by atoms with E-state index < -0.39 is 0 Å². The SMILES string of the molecule is CCCC(C)(c1ccc(N2CCOC(COC)C2)cc1)c1nn2cccnc2c1Cl. The van der Waals surface area contributed by atoms with Gasteiger partial charge in [-0.2, -0.15) is 5.10 Å². The Morgan fingerprint density at radius 1 is 1.30 bits per heavy atom. The molecule has 3 aromatic rings. The highest BCUT2D eigenvalue weighted by atomic mass is 35.5. The monoisotopic (exact) mass is 428 g/mol. The van der Waals surface area contributed by atoms with Crippen LogP contribution in [-0.2, 0) is 14.9 Å². The van der Waals surface area contributed by atoms with Crippen LogP contribution >= 0.6 is 11.6 Å². The van der Waals surface area contributed by atoms with E-state index in [9.17, 15) is 0 Å². The van der Waals surface area contributed by atoms with Crippen LogP contribution in [0.15, 0.2) is 42.7 Å². The van der Waals surface area contributed by atoms with Gasteiger partial charge in [0.25, 0.3) is 0 Å². The number of aromatic nitrogens is 3. The van der Waals surface area contributed by atoms with Gasteiger partial charge in [0, 0.05) is 43.7 Å². The molecule has 1 aliphatic rings. The van der Waals surface area contributed by atoms with Gasteiger partial charge in [-0.05, 0) is 37.1 Å². The lowest BCUT2D eigenvalue weighted by atomic mass is 9.76. The molecule has 2 aromatic heterocycles. The second-order valence-corrected chi connectivity index (χ2v) is 8.45. The van der Waals surface area contributed by atoms with Crippen LogP contribution in [-0.4, -0.2) is 54.1 Å². The van der Waals surface area contributed by atoms with Crippen molar-refractivity contribution in [2.75, 3.05) is 38.3 Å². The lowest BCUT2D eigenvalue weighted by Crippen LogP contribution is -2.44. The minimum absolute atomic E-state index is 0.109. The second kappa shape index (κ2) is 8.92. The molecule has 0 radical (unpaired) electrons. The number of methoxy groups -OCH3 is 1. The molecule has 4 rings (SSSR count). The molecule has 160 valence electrons. The maximum atomic E-state index is 6.75. The zero-order valence-electron chi connectivity index (χ0n) is 17.8. The van der Waals surface area contributed by atoms with Gasteiger partial charge >= 0.3 is 0 Å². The van der Waals surface area contributed by atoms with Crippen molar-refractivity contribution in [3.05, 3.63) is 59.0 Å². The Kier molecular flexibility index (Phi) is 6.27. The first kappa shape index (κ1) is 21.1. The molecular formula is C23H29ClN4O2.